The summed E-state index contributed by atoms with van der Waals surface area (Å²) >= 11 is 3.19. The average Bonchev–Trinajstić information content (AvgIpc) is 3.21. The van der Waals surface area contributed by atoms with E-state index in [4.69, 9.17) is 0 Å². The van der Waals surface area contributed by atoms with Gasteiger partial charge >= 0.3 is 0 Å². The molecule has 0 bridgehead atoms. The Labute approximate surface area is 163 Å². The van der Waals surface area contributed by atoms with Crippen LogP contribution in [0.25, 0.3) is 6.08 Å². The third-order valence-corrected chi connectivity index (χ3v) is 7.83. The number of aryl methyl sites for hydroxylation is 1. The molecule has 6 nitrogen and oxygen atoms in total. The van der Waals surface area contributed by atoms with Crippen molar-refractivity contribution in [3.05, 3.63) is 21.1 Å². The lowest BCUT2D eigenvalue weighted by Crippen LogP contribution is -2.47. The van der Waals surface area contributed by atoms with Gasteiger partial charge in [0, 0.05) is 23.7 Å². The summed E-state index contributed by atoms with van der Waals surface area (Å²) in [6.45, 7) is 2.49. The van der Waals surface area contributed by atoms with E-state index in [9.17, 15) is 13.2 Å². The standard InChI is InChI=1S/C17H25N3O3S3/c1-13-18-14(12-25-13)10-17-19(8-9-24-17)16(21)11-20(26(2,22)23)15-6-4-3-5-7-15/h10,12,15H,3-9,11H2,1-2H3/b17-10+. The Kier molecular flexibility index (Phi) is 6.42. The quantitative estimate of drug-likeness (QED) is 0.739. The maximum Gasteiger partial charge on any atom is 0.242 e. The van der Waals surface area contributed by atoms with Crippen molar-refractivity contribution in [2.45, 2.75) is 45.1 Å². The van der Waals surface area contributed by atoms with Crippen molar-refractivity contribution in [2.24, 2.45) is 0 Å². The van der Waals surface area contributed by atoms with Crippen LogP contribution in [-0.4, -0.2) is 59.7 Å². The molecule has 2 fully saturated rings. The van der Waals surface area contributed by atoms with Crippen molar-refractivity contribution in [1.29, 1.82) is 0 Å². The molecule has 0 atom stereocenters. The van der Waals surface area contributed by atoms with Crippen LogP contribution in [0.15, 0.2) is 10.4 Å². The smallest absolute Gasteiger partial charge is 0.242 e. The Bertz CT molecular complexity index is 782. The van der Waals surface area contributed by atoms with E-state index in [1.807, 2.05) is 18.4 Å². The molecule has 3 rings (SSSR count). The highest BCUT2D eigenvalue weighted by Crippen LogP contribution is 2.31. The van der Waals surface area contributed by atoms with Crippen LogP contribution in [0.2, 0.25) is 0 Å². The fourth-order valence-corrected chi connectivity index (χ4v) is 6.18. The van der Waals surface area contributed by atoms with Gasteiger partial charge in [-0.2, -0.15) is 4.31 Å². The number of amides is 1. The molecule has 0 aromatic carbocycles. The molecule has 0 unspecified atom stereocenters. The highest BCUT2D eigenvalue weighted by molar-refractivity contribution is 8.03. The maximum atomic E-state index is 12.9. The van der Waals surface area contributed by atoms with Gasteiger partial charge in [-0.25, -0.2) is 13.4 Å². The third-order valence-electron chi connectivity index (χ3n) is 4.74. The van der Waals surface area contributed by atoms with Crippen LogP contribution in [0.4, 0.5) is 0 Å². The lowest BCUT2D eigenvalue weighted by molar-refractivity contribution is -0.129. The average molecular weight is 416 g/mol. The number of aromatic nitrogens is 1. The van der Waals surface area contributed by atoms with Crippen molar-refractivity contribution >= 4 is 45.1 Å². The van der Waals surface area contributed by atoms with E-state index in [1.54, 1.807) is 28.0 Å². The number of hydrogen-bond acceptors (Lipinski definition) is 6. The Hall–Kier alpha value is -0.900. The second kappa shape index (κ2) is 8.41. The summed E-state index contributed by atoms with van der Waals surface area (Å²) in [7, 11) is -3.41. The molecule has 2 aliphatic rings. The summed E-state index contributed by atoms with van der Waals surface area (Å²) in [6, 6.07) is -0.0495. The minimum Gasteiger partial charge on any atom is -0.305 e. The molecule has 2 heterocycles. The van der Waals surface area contributed by atoms with Crippen molar-refractivity contribution in [1.82, 2.24) is 14.2 Å². The second-order valence-corrected chi connectivity index (χ2v) is 10.9. The fraction of sp³-hybridized carbons (Fsp3) is 0.647. The molecule has 1 aliphatic carbocycles. The van der Waals surface area contributed by atoms with E-state index < -0.39 is 10.0 Å². The number of carbonyl (C=O) groups excluding carboxylic acids is 1. The first-order valence-corrected chi connectivity index (χ1v) is 12.6. The number of rotatable bonds is 5. The second-order valence-electron chi connectivity index (χ2n) is 6.77. The molecular formula is C17H25N3O3S3. The molecular weight excluding hydrogens is 390 g/mol. The molecule has 1 aromatic heterocycles. The first kappa shape index (κ1) is 19.9. The van der Waals surface area contributed by atoms with Crippen LogP contribution < -0.4 is 0 Å². The Morgan fingerprint density at radius 1 is 1.38 bits per heavy atom. The predicted octanol–water partition coefficient (Wildman–Crippen LogP) is 2.92. The molecule has 1 saturated carbocycles. The lowest BCUT2D eigenvalue weighted by Gasteiger charge is -2.33. The molecule has 26 heavy (non-hydrogen) atoms. The van der Waals surface area contributed by atoms with Crippen LogP contribution in [0.1, 0.15) is 42.8 Å². The van der Waals surface area contributed by atoms with Gasteiger partial charge in [-0.1, -0.05) is 19.3 Å². The van der Waals surface area contributed by atoms with Gasteiger partial charge in [0.05, 0.1) is 28.5 Å². The number of sulfonamides is 1. The Balaban J connectivity index is 1.74. The highest BCUT2D eigenvalue weighted by Gasteiger charge is 2.33. The summed E-state index contributed by atoms with van der Waals surface area (Å²) in [6.07, 6.45) is 8.01. The first-order chi connectivity index (χ1) is 12.3. The van der Waals surface area contributed by atoms with Gasteiger partial charge in [-0.05, 0) is 25.8 Å². The Morgan fingerprint density at radius 3 is 2.73 bits per heavy atom. The van der Waals surface area contributed by atoms with E-state index in [-0.39, 0.29) is 18.5 Å². The van der Waals surface area contributed by atoms with Gasteiger partial charge in [0.2, 0.25) is 15.9 Å². The van der Waals surface area contributed by atoms with E-state index >= 15 is 0 Å². The minimum atomic E-state index is -3.41. The van der Waals surface area contributed by atoms with Crippen molar-refractivity contribution in [3.63, 3.8) is 0 Å². The third kappa shape index (κ3) is 4.88. The zero-order chi connectivity index (χ0) is 18.7. The van der Waals surface area contributed by atoms with Crippen LogP contribution in [0.5, 0.6) is 0 Å². The van der Waals surface area contributed by atoms with Gasteiger partial charge in [0.25, 0.3) is 0 Å². The number of nitrogens with zero attached hydrogens (tertiary/aromatic N) is 3. The van der Waals surface area contributed by atoms with Gasteiger partial charge in [0.15, 0.2) is 0 Å². The summed E-state index contributed by atoms with van der Waals surface area (Å²) in [5, 5.41) is 3.81. The number of thioether (sulfide) groups is 1. The van der Waals surface area contributed by atoms with Crippen LogP contribution in [0.3, 0.4) is 0 Å². The summed E-state index contributed by atoms with van der Waals surface area (Å²) < 4.78 is 26.0. The van der Waals surface area contributed by atoms with Crippen molar-refractivity contribution in [2.75, 3.05) is 25.1 Å². The van der Waals surface area contributed by atoms with E-state index in [0.29, 0.717) is 6.54 Å². The first-order valence-electron chi connectivity index (χ1n) is 8.88. The molecule has 0 N–H and O–H groups in total. The Morgan fingerprint density at radius 2 is 2.12 bits per heavy atom. The van der Waals surface area contributed by atoms with Crippen LogP contribution in [-0.2, 0) is 14.8 Å². The van der Waals surface area contributed by atoms with E-state index in [2.05, 4.69) is 4.98 Å². The molecule has 1 saturated heterocycles. The number of thiazole rings is 1. The van der Waals surface area contributed by atoms with Gasteiger partial charge in [-0.3, -0.25) is 4.79 Å². The minimum absolute atomic E-state index is 0.0495. The zero-order valence-corrected chi connectivity index (χ0v) is 17.6. The van der Waals surface area contributed by atoms with Gasteiger partial charge in [-0.15, -0.1) is 23.1 Å². The monoisotopic (exact) mass is 415 g/mol. The molecule has 144 valence electrons. The topological polar surface area (TPSA) is 70.6 Å². The van der Waals surface area contributed by atoms with Crippen molar-refractivity contribution in [3.8, 4) is 0 Å². The molecule has 1 aliphatic heterocycles. The largest absolute Gasteiger partial charge is 0.305 e. The molecule has 1 amide bonds. The van der Waals surface area contributed by atoms with Gasteiger partial charge < -0.3 is 4.90 Å². The van der Waals surface area contributed by atoms with Crippen LogP contribution in [0, 0.1) is 6.92 Å². The molecule has 0 spiro atoms. The number of hydrogen-bond donors (Lipinski definition) is 0. The fourth-order valence-electron chi connectivity index (χ4n) is 3.47. The zero-order valence-electron chi connectivity index (χ0n) is 15.2. The lowest BCUT2D eigenvalue weighted by atomic mass is 9.95. The highest BCUT2D eigenvalue weighted by atomic mass is 32.2. The SMILES string of the molecule is Cc1nc(/C=C2/SCCN2C(=O)CN(C2CCCCC2)S(C)(=O)=O)cs1. The normalized spacial score (nSPS) is 21.0. The summed E-state index contributed by atoms with van der Waals surface area (Å²) in [5.41, 5.74) is 0.849. The predicted molar refractivity (Wildman–Crippen MR) is 107 cm³/mol. The molecule has 9 heteroatoms. The van der Waals surface area contributed by atoms with Crippen LogP contribution >= 0.6 is 23.1 Å². The van der Waals surface area contributed by atoms with E-state index in [1.165, 1.54) is 10.6 Å². The molecule has 1 aromatic rings. The maximum absolute atomic E-state index is 12.9. The van der Waals surface area contributed by atoms with E-state index in [0.717, 1.165) is 53.6 Å². The molecule has 0 radical (unpaired) electrons. The van der Waals surface area contributed by atoms with Gasteiger partial charge in [0.1, 0.15) is 0 Å². The summed E-state index contributed by atoms with van der Waals surface area (Å²) in [5.74, 6) is 0.674. The number of carbonyl (C=O) groups is 1. The van der Waals surface area contributed by atoms with Crippen molar-refractivity contribution < 1.29 is 13.2 Å². The summed E-state index contributed by atoms with van der Waals surface area (Å²) in [4.78, 5) is 19.0.